The van der Waals surface area contributed by atoms with E-state index in [2.05, 4.69) is 26.5 Å². The highest BCUT2D eigenvalue weighted by atomic mass is 16.2. The Kier molecular flexibility index (Phi) is 5.70. The minimum atomic E-state index is -0.266. The number of hydrogen-bond acceptors (Lipinski definition) is 5. The molecule has 0 bridgehead atoms. The first kappa shape index (κ1) is 15.7. The van der Waals surface area contributed by atoms with E-state index in [1.807, 2.05) is 0 Å². The molecule has 1 amide bonds. The van der Waals surface area contributed by atoms with Crippen LogP contribution in [0.1, 0.15) is 12.8 Å². The lowest BCUT2D eigenvalue weighted by atomic mass is 10.2. The molecular formula is C15H18N6O. The number of hydrogen-bond donors (Lipinski definition) is 2. The lowest BCUT2D eigenvalue weighted by Gasteiger charge is -2.19. The second kappa shape index (κ2) is 7.96. The highest BCUT2D eigenvalue weighted by molar-refractivity contribution is 5.79. The molecule has 114 valence electrons. The maximum atomic E-state index is 12.0. The number of pyridine rings is 1. The van der Waals surface area contributed by atoms with E-state index in [9.17, 15) is 4.79 Å². The van der Waals surface area contributed by atoms with Gasteiger partial charge in [-0.1, -0.05) is 6.07 Å². The van der Waals surface area contributed by atoms with Crippen LogP contribution in [-0.2, 0) is 4.79 Å². The summed E-state index contributed by atoms with van der Waals surface area (Å²) >= 11 is 0. The molecule has 1 unspecified atom stereocenters. The first-order valence-electron chi connectivity index (χ1n) is 7.22. The molecule has 1 aromatic heterocycles. The summed E-state index contributed by atoms with van der Waals surface area (Å²) in [4.78, 5) is 21.0. The molecule has 7 heteroatoms. The molecule has 0 spiro atoms. The van der Waals surface area contributed by atoms with Crippen LogP contribution in [0.3, 0.4) is 0 Å². The Bertz CT molecular complexity index is 586. The molecule has 1 fully saturated rings. The van der Waals surface area contributed by atoms with Crippen LogP contribution in [0.15, 0.2) is 18.3 Å². The molecule has 2 N–H and O–H groups in total. The van der Waals surface area contributed by atoms with Crippen molar-refractivity contribution in [2.45, 2.75) is 18.9 Å². The number of carbonyl (C=O) groups is 1. The summed E-state index contributed by atoms with van der Waals surface area (Å²) in [6.07, 6.45) is 3.19. The third-order valence-electron chi connectivity index (χ3n) is 3.48. The Morgan fingerprint density at radius 2 is 2.41 bits per heavy atom. The average Bonchev–Trinajstić information content (AvgIpc) is 3.03. The van der Waals surface area contributed by atoms with Crippen molar-refractivity contribution in [1.29, 1.82) is 5.26 Å². The second-order valence-electron chi connectivity index (χ2n) is 4.99. The van der Waals surface area contributed by atoms with E-state index < -0.39 is 0 Å². The van der Waals surface area contributed by atoms with E-state index in [-0.39, 0.29) is 18.5 Å². The molecule has 0 saturated carbocycles. The Hall–Kier alpha value is -2.64. The van der Waals surface area contributed by atoms with E-state index in [0.29, 0.717) is 31.1 Å². The molecular weight excluding hydrogens is 280 g/mol. The minimum absolute atomic E-state index is 0.0245. The van der Waals surface area contributed by atoms with Gasteiger partial charge in [-0.05, 0) is 18.9 Å². The topological polar surface area (TPSA) is 85.4 Å². The number of aromatic nitrogens is 1. The summed E-state index contributed by atoms with van der Waals surface area (Å²) in [5.74, 6) is 0.674. The normalized spacial score (nSPS) is 16.8. The zero-order valence-corrected chi connectivity index (χ0v) is 12.2. The number of carbonyl (C=O) groups excluding carboxylic acids is 1. The Morgan fingerprint density at radius 3 is 3.09 bits per heavy atom. The number of nitrogens with one attached hydrogen (secondary N) is 2. The van der Waals surface area contributed by atoms with E-state index in [4.69, 9.17) is 11.8 Å². The summed E-state index contributed by atoms with van der Waals surface area (Å²) in [7, 11) is 0. The number of anilines is 1. The molecule has 1 atom stereocenters. The molecule has 0 radical (unpaired) electrons. The summed E-state index contributed by atoms with van der Waals surface area (Å²) in [6, 6.07) is 5.35. The lowest BCUT2D eigenvalue weighted by Crippen LogP contribution is -2.41. The second-order valence-corrected chi connectivity index (χ2v) is 4.99. The van der Waals surface area contributed by atoms with Crippen molar-refractivity contribution in [2.24, 2.45) is 0 Å². The van der Waals surface area contributed by atoms with Crippen molar-refractivity contribution in [3.8, 4) is 6.07 Å². The molecule has 2 rings (SSSR count). The standard InChI is InChI=1S/C15H18N6O/c1-17-12-4-5-14(20-10-12)19-7-6-18-11-15(22)21-8-2-3-13(21)9-16/h4-5,10,13,18H,2-3,6-8,11H2,(H,19,20). The molecule has 0 aromatic carbocycles. The van der Waals surface area contributed by atoms with Gasteiger partial charge in [0.2, 0.25) is 11.6 Å². The lowest BCUT2D eigenvalue weighted by molar-refractivity contribution is -0.130. The monoisotopic (exact) mass is 298 g/mol. The van der Waals surface area contributed by atoms with Crippen LogP contribution in [0, 0.1) is 17.9 Å². The number of nitrogens with zero attached hydrogens (tertiary/aromatic N) is 4. The van der Waals surface area contributed by atoms with Gasteiger partial charge in [0.15, 0.2) is 0 Å². The zero-order valence-electron chi connectivity index (χ0n) is 12.2. The minimum Gasteiger partial charge on any atom is -0.369 e. The average molecular weight is 298 g/mol. The molecule has 1 aliphatic rings. The van der Waals surface area contributed by atoms with Crippen LogP contribution in [0.2, 0.25) is 0 Å². The molecule has 7 nitrogen and oxygen atoms in total. The summed E-state index contributed by atoms with van der Waals surface area (Å²) in [5, 5.41) is 15.1. The van der Waals surface area contributed by atoms with Gasteiger partial charge in [-0.15, -0.1) is 0 Å². The van der Waals surface area contributed by atoms with Crippen LogP contribution >= 0.6 is 0 Å². The highest BCUT2D eigenvalue weighted by Gasteiger charge is 2.27. The van der Waals surface area contributed by atoms with Crippen molar-refractivity contribution in [1.82, 2.24) is 15.2 Å². The molecule has 2 heterocycles. The predicted octanol–water partition coefficient (Wildman–Crippen LogP) is 1.15. The van der Waals surface area contributed by atoms with Crippen molar-refractivity contribution >= 4 is 17.4 Å². The van der Waals surface area contributed by atoms with Gasteiger partial charge >= 0.3 is 0 Å². The molecule has 1 saturated heterocycles. The first-order valence-corrected chi connectivity index (χ1v) is 7.22. The molecule has 22 heavy (non-hydrogen) atoms. The first-order chi connectivity index (χ1) is 10.7. The van der Waals surface area contributed by atoms with Crippen LogP contribution in [0.4, 0.5) is 11.5 Å². The Morgan fingerprint density at radius 1 is 1.55 bits per heavy atom. The number of amides is 1. The molecule has 1 aliphatic heterocycles. The van der Waals surface area contributed by atoms with Crippen LogP contribution < -0.4 is 10.6 Å². The smallest absolute Gasteiger partial charge is 0.237 e. The van der Waals surface area contributed by atoms with E-state index in [1.54, 1.807) is 17.0 Å². The van der Waals surface area contributed by atoms with Gasteiger partial charge in [-0.25, -0.2) is 4.85 Å². The van der Waals surface area contributed by atoms with Crippen molar-refractivity contribution in [2.75, 3.05) is 31.5 Å². The summed E-state index contributed by atoms with van der Waals surface area (Å²) in [6.45, 7) is 9.00. The number of likely N-dealkylation sites (tertiary alicyclic amines) is 1. The van der Waals surface area contributed by atoms with E-state index in [0.717, 1.165) is 12.8 Å². The SMILES string of the molecule is [C-]#[N+]c1ccc(NCCNCC(=O)N2CCCC2C#N)nc1. The van der Waals surface area contributed by atoms with Crippen molar-refractivity contribution < 1.29 is 4.79 Å². The quantitative estimate of drug-likeness (QED) is 0.608. The Labute approximate surface area is 129 Å². The summed E-state index contributed by atoms with van der Waals surface area (Å²) < 4.78 is 0. The van der Waals surface area contributed by atoms with Crippen LogP contribution in [-0.4, -0.2) is 48.0 Å². The van der Waals surface area contributed by atoms with Gasteiger partial charge in [0.25, 0.3) is 0 Å². The van der Waals surface area contributed by atoms with Gasteiger partial charge < -0.3 is 15.5 Å². The maximum absolute atomic E-state index is 12.0. The van der Waals surface area contributed by atoms with Crippen LogP contribution in [0.25, 0.3) is 4.85 Å². The van der Waals surface area contributed by atoms with Crippen molar-refractivity contribution in [3.05, 3.63) is 29.7 Å². The third kappa shape index (κ3) is 4.18. The van der Waals surface area contributed by atoms with E-state index >= 15 is 0 Å². The zero-order chi connectivity index (χ0) is 15.8. The fourth-order valence-electron chi connectivity index (χ4n) is 2.33. The van der Waals surface area contributed by atoms with Gasteiger partial charge in [-0.3, -0.25) is 9.78 Å². The number of nitriles is 1. The molecule has 1 aromatic rings. The Balaban J connectivity index is 1.64. The third-order valence-corrected chi connectivity index (χ3v) is 3.48. The van der Waals surface area contributed by atoms with Crippen molar-refractivity contribution in [3.63, 3.8) is 0 Å². The van der Waals surface area contributed by atoms with E-state index in [1.165, 1.54) is 6.20 Å². The van der Waals surface area contributed by atoms with Gasteiger partial charge in [0.1, 0.15) is 11.9 Å². The molecule has 0 aliphatic carbocycles. The predicted molar refractivity (Wildman–Crippen MR) is 82.2 cm³/mol. The fraction of sp³-hybridized carbons (Fsp3) is 0.467. The fourth-order valence-corrected chi connectivity index (χ4v) is 2.33. The largest absolute Gasteiger partial charge is 0.369 e. The number of rotatable bonds is 6. The van der Waals surface area contributed by atoms with Gasteiger partial charge in [-0.2, -0.15) is 5.26 Å². The highest BCUT2D eigenvalue weighted by Crippen LogP contribution is 2.16. The summed E-state index contributed by atoms with van der Waals surface area (Å²) in [5.41, 5.74) is 0.506. The van der Waals surface area contributed by atoms with Gasteiger partial charge in [0, 0.05) is 25.8 Å². The van der Waals surface area contributed by atoms with Crippen LogP contribution in [0.5, 0.6) is 0 Å². The maximum Gasteiger partial charge on any atom is 0.237 e. The van der Waals surface area contributed by atoms with Gasteiger partial charge in [0.05, 0.1) is 19.2 Å².